The average Bonchev–Trinajstić information content (AvgIpc) is 2.68. The third-order valence-corrected chi connectivity index (χ3v) is 3.09. The summed E-state index contributed by atoms with van der Waals surface area (Å²) in [5, 5.41) is 2.58. The Kier molecular flexibility index (Phi) is 1.96. The fourth-order valence-electron chi connectivity index (χ4n) is 2.25. The van der Waals surface area contributed by atoms with E-state index in [4.69, 9.17) is 0 Å². The highest BCUT2D eigenvalue weighted by molar-refractivity contribution is 6.07. The molecule has 0 saturated heterocycles. The predicted molar refractivity (Wildman–Crippen MR) is 67.7 cm³/mol. The first-order chi connectivity index (χ1) is 7.79. The summed E-state index contributed by atoms with van der Waals surface area (Å²) in [6, 6.07) is 10.6. The number of benzene rings is 1. The van der Waals surface area contributed by atoms with Crippen molar-refractivity contribution in [3.05, 3.63) is 41.7 Å². The zero-order chi connectivity index (χ0) is 11.1. The zero-order valence-corrected chi connectivity index (χ0v) is 9.54. The van der Waals surface area contributed by atoms with Crippen molar-refractivity contribution in [1.29, 1.82) is 0 Å². The molecule has 0 fully saturated rings. The van der Waals surface area contributed by atoms with E-state index in [2.05, 4.69) is 54.1 Å². The summed E-state index contributed by atoms with van der Waals surface area (Å²) in [5.74, 6) is 0. The highest BCUT2D eigenvalue weighted by atomic mass is 14.8. The maximum atomic E-state index is 4.58. The minimum absolute atomic E-state index is 0.982. The normalized spacial score (nSPS) is 11.4. The van der Waals surface area contributed by atoms with Crippen LogP contribution in [0, 0.1) is 6.92 Å². The van der Waals surface area contributed by atoms with Crippen molar-refractivity contribution in [2.24, 2.45) is 0 Å². The molecule has 1 N–H and O–H groups in total. The lowest BCUT2D eigenvalue weighted by atomic mass is 10.1. The lowest BCUT2D eigenvalue weighted by molar-refractivity contribution is 1.02. The number of fused-ring (bicyclic) bond motifs is 3. The van der Waals surface area contributed by atoms with Gasteiger partial charge in [0.05, 0.1) is 11.2 Å². The number of para-hydroxylation sites is 1. The predicted octanol–water partition coefficient (Wildman–Crippen LogP) is 3.59. The van der Waals surface area contributed by atoms with Gasteiger partial charge in [-0.05, 0) is 25.5 Å². The molecule has 0 aliphatic rings. The maximum absolute atomic E-state index is 4.58. The van der Waals surface area contributed by atoms with E-state index in [1.54, 1.807) is 0 Å². The zero-order valence-electron chi connectivity index (χ0n) is 9.54. The molecule has 0 atom stereocenters. The molecule has 16 heavy (non-hydrogen) atoms. The number of aryl methyl sites for hydroxylation is 2. The van der Waals surface area contributed by atoms with Crippen molar-refractivity contribution in [3.8, 4) is 0 Å². The first-order valence-corrected chi connectivity index (χ1v) is 5.66. The number of nitrogens with one attached hydrogen (secondary N) is 1. The molecule has 3 rings (SSSR count). The number of hydrogen-bond donors (Lipinski definition) is 1. The van der Waals surface area contributed by atoms with Gasteiger partial charge in [-0.25, -0.2) is 0 Å². The third-order valence-electron chi connectivity index (χ3n) is 3.09. The Hall–Kier alpha value is -1.83. The number of rotatable bonds is 1. The van der Waals surface area contributed by atoms with Crippen molar-refractivity contribution < 1.29 is 0 Å². The van der Waals surface area contributed by atoms with Gasteiger partial charge >= 0.3 is 0 Å². The van der Waals surface area contributed by atoms with Crippen molar-refractivity contribution in [2.45, 2.75) is 20.3 Å². The Bertz CT molecular complexity index is 665. The smallest absolute Gasteiger partial charge is 0.0681 e. The van der Waals surface area contributed by atoms with Crippen LogP contribution in [0.3, 0.4) is 0 Å². The fraction of sp³-hybridized carbons (Fsp3) is 0.214. The van der Waals surface area contributed by atoms with E-state index in [1.165, 1.54) is 21.8 Å². The molecule has 2 aromatic heterocycles. The molecular formula is C14H14N2. The Labute approximate surface area is 94.3 Å². The van der Waals surface area contributed by atoms with Crippen LogP contribution in [0.25, 0.3) is 21.8 Å². The number of nitrogens with zero attached hydrogens (tertiary/aromatic N) is 1. The van der Waals surface area contributed by atoms with E-state index in [0.29, 0.717) is 0 Å². The molecule has 0 spiro atoms. The monoisotopic (exact) mass is 210 g/mol. The van der Waals surface area contributed by atoms with Crippen LogP contribution in [0.2, 0.25) is 0 Å². The minimum Gasteiger partial charge on any atom is -0.353 e. The van der Waals surface area contributed by atoms with Gasteiger partial charge < -0.3 is 4.98 Å². The molecule has 3 aromatic rings. The van der Waals surface area contributed by atoms with Crippen LogP contribution >= 0.6 is 0 Å². The molecular weight excluding hydrogens is 196 g/mol. The molecule has 0 aliphatic heterocycles. The minimum atomic E-state index is 0.982. The van der Waals surface area contributed by atoms with Crippen LogP contribution in [0.15, 0.2) is 30.3 Å². The molecule has 0 saturated carbocycles. The molecule has 2 heteroatoms. The Morgan fingerprint density at radius 1 is 1.19 bits per heavy atom. The van der Waals surface area contributed by atoms with Crippen LogP contribution in [-0.2, 0) is 6.42 Å². The molecule has 2 nitrogen and oxygen atoms in total. The Morgan fingerprint density at radius 3 is 2.81 bits per heavy atom. The molecule has 0 amide bonds. The van der Waals surface area contributed by atoms with E-state index < -0.39 is 0 Å². The van der Waals surface area contributed by atoms with Crippen LogP contribution < -0.4 is 0 Å². The first-order valence-electron chi connectivity index (χ1n) is 5.66. The van der Waals surface area contributed by atoms with E-state index in [-0.39, 0.29) is 0 Å². The van der Waals surface area contributed by atoms with E-state index in [9.17, 15) is 0 Å². The number of aromatic nitrogens is 2. The molecule has 0 radical (unpaired) electrons. The van der Waals surface area contributed by atoms with Gasteiger partial charge in [-0.2, -0.15) is 0 Å². The lowest BCUT2D eigenvalue weighted by Crippen LogP contribution is -1.90. The summed E-state index contributed by atoms with van der Waals surface area (Å²) < 4.78 is 0. The summed E-state index contributed by atoms with van der Waals surface area (Å²) in [4.78, 5) is 8.02. The second kappa shape index (κ2) is 3.34. The van der Waals surface area contributed by atoms with Gasteiger partial charge in [-0.15, -0.1) is 0 Å². The number of hydrogen-bond acceptors (Lipinski definition) is 1. The van der Waals surface area contributed by atoms with Gasteiger partial charge in [0.2, 0.25) is 0 Å². The summed E-state index contributed by atoms with van der Waals surface area (Å²) >= 11 is 0. The van der Waals surface area contributed by atoms with Gasteiger partial charge in [0.15, 0.2) is 0 Å². The maximum Gasteiger partial charge on any atom is 0.0681 e. The highest BCUT2D eigenvalue weighted by Gasteiger charge is 2.07. The second-order valence-corrected chi connectivity index (χ2v) is 4.15. The third kappa shape index (κ3) is 1.23. The molecule has 0 bridgehead atoms. The molecule has 0 unspecified atom stereocenters. The fourth-order valence-corrected chi connectivity index (χ4v) is 2.25. The molecule has 2 heterocycles. The van der Waals surface area contributed by atoms with Crippen LogP contribution in [0.5, 0.6) is 0 Å². The first kappa shape index (κ1) is 9.40. The Morgan fingerprint density at radius 2 is 2.00 bits per heavy atom. The lowest BCUT2D eigenvalue weighted by Gasteiger charge is -2.00. The average molecular weight is 210 g/mol. The highest BCUT2D eigenvalue weighted by Crippen LogP contribution is 2.27. The number of aromatic amines is 1. The summed E-state index contributed by atoms with van der Waals surface area (Å²) in [6.45, 7) is 4.21. The van der Waals surface area contributed by atoms with Gasteiger partial charge in [0.1, 0.15) is 0 Å². The van der Waals surface area contributed by atoms with E-state index >= 15 is 0 Å². The van der Waals surface area contributed by atoms with Crippen molar-refractivity contribution in [3.63, 3.8) is 0 Å². The second-order valence-electron chi connectivity index (χ2n) is 4.15. The standard InChI is InChI=1S/C14H14N2/c1-3-10-8-12-11-6-4-5-7-13(11)16-14(12)9(2)15-10/h4-8,16H,3H2,1-2H3. The molecule has 0 aliphatic carbocycles. The van der Waals surface area contributed by atoms with Crippen LogP contribution in [0.1, 0.15) is 18.3 Å². The summed E-state index contributed by atoms with van der Waals surface area (Å²) in [5.41, 5.74) is 4.61. The topological polar surface area (TPSA) is 28.7 Å². The van der Waals surface area contributed by atoms with Gasteiger partial charge in [-0.1, -0.05) is 25.1 Å². The molecule has 1 aromatic carbocycles. The van der Waals surface area contributed by atoms with Crippen molar-refractivity contribution in [1.82, 2.24) is 9.97 Å². The van der Waals surface area contributed by atoms with Crippen LogP contribution in [-0.4, -0.2) is 9.97 Å². The summed E-state index contributed by atoms with van der Waals surface area (Å²) in [6.07, 6.45) is 0.982. The number of pyridine rings is 1. The Balaban J connectivity index is 2.51. The van der Waals surface area contributed by atoms with Gasteiger partial charge in [0.25, 0.3) is 0 Å². The summed E-state index contributed by atoms with van der Waals surface area (Å²) in [7, 11) is 0. The van der Waals surface area contributed by atoms with Crippen molar-refractivity contribution in [2.75, 3.05) is 0 Å². The van der Waals surface area contributed by atoms with Gasteiger partial charge in [0, 0.05) is 22.0 Å². The SMILES string of the molecule is CCc1cc2c([nH]c3ccccc32)c(C)n1. The van der Waals surface area contributed by atoms with E-state index in [1.807, 2.05) is 0 Å². The van der Waals surface area contributed by atoms with Crippen molar-refractivity contribution >= 4 is 21.8 Å². The van der Waals surface area contributed by atoms with Gasteiger partial charge in [-0.3, -0.25) is 4.98 Å². The largest absolute Gasteiger partial charge is 0.353 e. The molecule has 80 valence electrons. The quantitative estimate of drug-likeness (QED) is 0.653. The van der Waals surface area contributed by atoms with E-state index in [0.717, 1.165) is 17.8 Å². The number of H-pyrrole nitrogens is 1. The van der Waals surface area contributed by atoms with Crippen LogP contribution in [0.4, 0.5) is 0 Å².